The summed E-state index contributed by atoms with van der Waals surface area (Å²) in [7, 11) is 1.82. The highest BCUT2D eigenvalue weighted by molar-refractivity contribution is 5.80. The largest absolute Gasteiger partial charge is 0.493 e. The standard InChI is InChI=1S/C20H26N2O2/c1-16(2)15-24-19-11-9-18(10-12-19)21-13-20(23)22(3)14-17-7-5-4-6-8-17/h4-12,16,21H,13-15H2,1-3H3. The van der Waals surface area contributed by atoms with E-state index in [1.54, 1.807) is 4.90 Å². The Hall–Kier alpha value is -2.49. The second-order valence-electron chi connectivity index (χ2n) is 6.32. The van der Waals surface area contributed by atoms with Gasteiger partial charge in [-0.05, 0) is 35.7 Å². The van der Waals surface area contributed by atoms with Crippen LogP contribution in [0.1, 0.15) is 19.4 Å². The molecule has 2 aromatic rings. The predicted octanol–water partition coefficient (Wildman–Crippen LogP) is 3.79. The molecule has 0 spiro atoms. The van der Waals surface area contributed by atoms with Gasteiger partial charge in [0.25, 0.3) is 0 Å². The number of rotatable bonds is 8. The summed E-state index contributed by atoms with van der Waals surface area (Å²) >= 11 is 0. The first kappa shape index (κ1) is 17.9. The molecular weight excluding hydrogens is 300 g/mol. The Kier molecular flexibility index (Phi) is 6.67. The topological polar surface area (TPSA) is 41.6 Å². The van der Waals surface area contributed by atoms with Crippen molar-refractivity contribution in [3.05, 3.63) is 60.2 Å². The molecule has 0 saturated heterocycles. The van der Waals surface area contributed by atoms with E-state index in [-0.39, 0.29) is 12.5 Å². The Morgan fingerprint density at radius 3 is 2.38 bits per heavy atom. The molecule has 0 aliphatic rings. The normalized spacial score (nSPS) is 10.5. The summed E-state index contributed by atoms with van der Waals surface area (Å²) in [6.07, 6.45) is 0. The van der Waals surface area contributed by atoms with Gasteiger partial charge in [-0.15, -0.1) is 0 Å². The second kappa shape index (κ2) is 8.96. The van der Waals surface area contributed by atoms with Gasteiger partial charge in [0.1, 0.15) is 5.75 Å². The first-order valence-corrected chi connectivity index (χ1v) is 8.29. The molecule has 0 atom stereocenters. The zero-order chi connectivity index (χ0) is 17.4. The van der Waals surface area contributed by atoms with Crippen molar-refractivity contribution in [1.29, 1.82) is 0 Å². The highest BCUT2D eigenvalue weighted by Crippen LogP contribution is 2.16. The van der Waals surface area contributed by atoms with E-state index in [1.165, 1.54) is 0 Å². The fourth-order valence-corrected chi connectivity index (χ4v) is 2.19. The number of ether oxygens (including phenoxy) is 1. The van der Waals surface area contributed by atoms with Crippen LogP contribution in [-0.2, 0) is 11.3 Å². The maximum Gasteiger partial charge on any atom is 0.241 e. The molecule has 0 aliphatic carbocycles. The van der Waals surface area contributed by atoms with Crippen molar-refractivity contribution < 1.29 is 9.53 Å². The molecule has 0 saturated carbocycles. The van der Waals surface area contributed by atoms with Gasteiger partial charge in [-0.3, -0.25) is 4.79 Å². The molecule has 0 bridgehead atoms. The van der Waals surface area contributed by atoms with E-state index >= 15 is 0 Å². The summed E-state index contributed by atoms with van der Waals surface area (Å²) in [6.45, 7) is 5.83. The number of amides is 1. The van der Waals surface area contributed by atoms with E-state index in [0.29, 0.717) is 19.1 Å². The summed E-state index contributed by atoms with van der Waals surface area (Å²) in [4.78, 5) is 13.9. The highest BCUT2D eigenvalue weighted by Gasteiger charge is 2.09. The van der Waals surface area contributed by atoms with Crippen LogP contribution in [0.15, 0.2) is 54.6 Å². The van der Waals surface area contributed by atoms with Crippen molar-refractivity contribution in [3.63, 3.8) is 0 Å². The Bertz CT molecular complexity index is 624. The minimum Gasteiger partial charge on any atom is -0.493 e. The fourth-order valence-electron chi connectivity index (χ4n) is 2.19. The van der Waals surface area contributed by atoms with E-state index in [2.05, 4.69) is 19.2 Å². The Labute approximate surface area is 144 Å². The summed E-state index contributed by atoms with van der Waals surface area (Å²) in [5.41, 5.74) is 2.04. The number of carbonyl (C=O) groups is 1. The number of benzene rings is 2. The third-order valence-corrected chi connectivity index (χ3v) is 3.57. The van der Waals surface area contributed by atoms with Gasteiger partial charge in [-0.2, -0.15) is 0 Å². The zero-order valence-electron chi connectivity index (χ0n) is 14.7. The minimum absolute atomic E-state index is 0.0546. The van der Waals surface area contributed by atoms with Gasteiger partial charge in [0, 0.05) is 19.3 Å². The predicted molar refractivity (Wildman–Crippen MR) is 98.2 cm³/mol. The van der Waals surface area contributed by atoms with Crippen molar-refractivity contribution in [2.75, 3.05) is 25.5 Å². The van der Waals surface area contributed by atoms with Crippen molar-refractivity contribution in [2.45, 2.75) is 20.4 Å². The van der Waals surface area contributed by atoms with Crippen molar-refractivity contribution >= 4 is 11.6 Å². The number of nitrogens with zero attached hydrogens (tertiary/aromatic N) is 1. The van der Waals surface area contributed by atoms with Gasteiger partial charge < -0.3 is 15.0 Å². The molecule has 1 N–H and O–H groups in total. The molecule has 2 aromatic carbocycles. The quantitative estimate of drug-likeness (QED) is 0.802. The average Bonchev–Trinajstić information content (AvgIpc) is 2.59. The van der Waals surface area contributed by atoms with Gasteiger partial charge >= 0.3 is 0 Å². The minimum atomic E-state index is 0.0546. The van der Waals surface area contributed by atoms with E-state index < -0.39 is 0 Å². The van der Waals surface area contributed by atoms with Gasteiger partial charge in [-0.25, -0.2) is 0 Å². The molecule has 1 amide bonds. The summed E-state index contributed by atoms with van der Waals surface area (Å²) < 4.78 is 5.65. The molecule has 0 aromatic heterocycles. The molecule has 24 heavy (non-hydrogen) atoms. The van der Waals surface area contributed by atoms with Crippen LogP contribution < -0.4 is 10.1 Å². The van der Waals surface area contributed by atoms with Crippen LogP contribution in [0.25, 0.3) is 0 Å². The maximum absolute atomic E-state index is 12.2. The van der Waals surface area contributed by atoms with Crippen LogP contribution in [0.2, 0.25) is 0 Å². The molecule has 2 rings (SSSR count). The number of hydrogen-bond donors (Lipinski definition) is 1. The number of likely N-dealkylation sites (N-methyl/N-ethyl adjacent to an activating group) is 1. The van der Waals surface area contributed by atoms with Gasteiger partial charge in [0.05, 0.1) is 13.2 Å². The Morgan fingerprint density at radius 2 is 1.75 bits per heavy atom. The lowest BCUT2D eigenvalue weighted by Crippen LogP contribution is -2.31. The first-order valence-electron chi connectivity index (χ1n) is 8.29. The molecule has 0 heterocycles. The van der Waals surface area contributed by atoms with E-state index in [4.69, 9.17) is 4.74 Å². The Morgan fingerprint density at radius 1 is 1.08 bits per heavy atom. The van der Waals surface area contributed by atoms with E-state index in [9.17, 15) is 4.79 Å². The molecule has 4 heteroatoms. The van der Waals surface area contributed by atoms with E-state index in [0.717, 1.165) is 17.0 Å². The zero-order valence-corrected chi connectivity index (χ0v) is 14.7. The van der Waals surface area contributed by atoms with Gasteiger partial charge in [-0.1, -0.05) is 44.2 Å². The molecule has 0 fully saturated rings. The average molecular weight is 326 g/mol. The van der Waals surface area contributed by atoms with Crippen LogP contribution in [0.4, 0.5) is 5.69 Å². The SMILES string of the molecule is CC(C)COc1ccc(NCC(=O)N(C)Cc2ccccc2)cc1. The van der Waals surface area contributed by atoms with Crippen LogP contribution in [0.5, 0.6) is 5.75 Å². The molecule has 0 unspecified atom stereocenters. The second-order valence-corrected chi connectivity index (χ2v) is 6.32. The molecule has 4 nitrogen and oxygen atoms in total. The summed E-state index contributed by atoms with van der Waals surface area (Å²) in [5, 5.41) is 3.16. The third-order valence-electron chi connectivity index (χ3n) is 3.57. The molecule has 0 aliphatic heterocycles. The van der Waals surface area contributed by atoms with Crippen LogP contribution in [0, 0.1) is 5.92 Å². The summed E-state index contributed by atoms with van der Waals surface area (Å²) in [5.74, 6) is 1.40. The van der Waals surface area contributed by atoms with Crippen molar-refractivity contribution in [3.8, 4) is 5.75 Å². The summed E-state index contributed by atoms with van der Waals surface area (Å²) in [6, 6.07) is 17.7. The number of hydrogen-bond acceptors (Lipinski definition) is 3. The molecule has 128 valence electrons. The van der Waals surface area contributed by atoms with E-state index in [1.807, 2.05) is 61.6 Å². The van der Waals surface area contributed by atoms with Crippen LogP contribution in [0.3, 0.4) is 0 Å². The Balaban J connectivity index is 1.78. The number of nitrogens with one attached hydrogen (secondary N) is 1. The first-order chi connectivity index (χ1) is 11.5. The van der Waals surface area contributed by atoms with Crippen LogP contribution in [-0.4, -0.2) is 31.0 Å². The molecular formula is C20H26N2O2. The van der Waals surface area contributed by atoms with Crippen LogP contribution >= 0.6 is 0 Å². The highest BCUT2D eigenvalue weighted by atomic mass is 16.5. The lowest BCUT2D eigenvalue weighted by atomic mass is 10.2. The van der Waals surface area contributed by atoms with Crippen molar-refractivity contribution in [2.24, 2.45) is 5.92 Å². The maximum atomic E-state index is 12.2. The number of carbonyl (C=O) groups excluding carboxylic acids is 1. The number of anilines is 1. The fraction of sp³-hybridized carbons (Fsp3) is 0.350. The van der Waals surface area contributed by atoms with Gasteiger partial charge in [0.2, 0.25) is 5.91 Å². The third kappa shape index (κ3) is 5.95. The monoisotopic (exact) mass is 326 g/mol. The lowest BCUT2D eigenvalue weighted by molar-refractivity contribution is -0.128. The lowest BCUT2D eigenvalue weighted by Gasteiger charge is -2.18. The van der Waals surface area contributed by atoms with Crippen molar-refractivity contribution in [1.82, 2.24) is 4.90 Å². The smallest absolute Gasteiger partial charge is 0.241 e. The molecule has 0 radical (unpaired) electrons. The van der Waals surface area contributed by atoms with Gasteiger partial charge in [0.15, 0.2) is 0 Å².